The van der Waals surface area contributed by atoms with Gasteiger partial charge >= 0.3 is 0 Å². The van der Waals surface area contributed by atoms with E-state index in [2.05, 4.69) is 15.2 Å². The zero-order valence-corrected chi connectivity index (χ0v) is 11.6. The molecular weight excluding hydrogens is 272 g/mol. The molecular formula is C15H13ClN4. The third-order valence-corrected chi connectivity index (χ3v) is 3.31. The zero-order chi connectivity index (χ0) is 14.1. The first-order valence-electron chi connectivity index (χ1n) is 6.19. The lowest BCUT2D eigenvalue weighted by molar-refractivity contribution is 1.11. The average molecular weight is 285 g/mol. The summed E-state index contributed by atoms with van der Waals surface area (Å²) < 4.78 is 0. The molecule has 1 aromatic heterocycles. The Labute approximate surface area is 121 Å². The van der Waals surface area contributed by atoms with Crippen LogP contribution in [0.4, 0.5) is 5.82 Å². The largest absolute Gasteiger partial charge is 0.387 e. The molecule has 4 nitrogen and oxygen atoms in total. The van der Waals surface area contributed by atoms with Crippen LogP contribution in [0.5, 0.6) is 0 Å². The van der Waals surface area contributed by atoms with Gasteiger partial charge in [-0.25, -0.2) is 4.99 Å². The average Bonchev–Trinajstić information content (AvgIpc) is 2.80. The highest BCUT2D eigenvalue weighted by Crippen LogP contribution is 2.34. The number of aromatic nitrogens is 2. The Hall–Kier alpha value is -2.33. The molecule has 0 amide bonds. The summed E-state index contributed by atoms with van der Waals surface area (Å²) >= 11 is 6.34. The highest BCUT2D eigenvalue weighted by atomic mass is 35.5. The molecule has 3 aromatic rings. The topological polar surface area (TPSA) is 67.1 Å². The predicted octanol–water partition coefficient (Wildman–Crippen LogP) is 3.89. The first-order chi connectivity index (χ1) is 9.65. The van der Waals surface area contributed by atoms with Crippen molar-refractivity contribution >= 4 is 34.2 Å². The maximum atomic E-state index is 6.34. The van der Waals surface area contributed by atoms with E-state index in [4.69, 9.17) is 17.3 Å². The number of H-pyrrole nitrogens is 1. The Kier molecular flexibility index (Phi) is 3.16. The second-order valence-corrected chi connectivity index (χ2v) is 4.95. The lowest BCUT2D eigenvalue weighted by Crippen LogP contribution is -2.03. The van der Waals surface area contributed by atoms with Gasteiger partial charge < -0.3 is 5.73 Å². The summed E-state index contributed by atoms with van der Waals surface area (Å²) in [6.45, 7) is 1.73. The van der Waals surface area contributed by atoms with Gasteiger partial charge in [-0.3, -0.25) is 5.10 Å². The molecule has 5 heteroatoms. The minimum absolute atomic E-state index is 0.467. The summed E-state index contributed by atoms with van der Waals surface area (Å²) in [5.74, 6) is 1.04. The fourth-order valence-corrected chi connectivity index (χ4v) is 2.39. The maximum Gasteiger partial charge on any atom is 0.183 e. The normalized spacial score (nSPS) is 12.0. The van der Waals surface area contributed by atoms with Gasteiger partial charge in [0.1, 0.15) is 0 Å². The fourth-order valence-electron chi connectivity index (χ4n) is 2.12. The lowest BCUT2D eigenvalue weighted by atomic mass is 10.0. The Morgan fingerprint density at radius 3 is 2.70 bits per heavy atom. The van der Waals surface area contributed by atoms with Crippen LogP contribution in [0.1, 0.15) is 6.92 Å². The summed E-state index contributed by atoms with van der Waals surface area (Å²) in [4.78, 5) is 4.22. The Bertz CT molecular complexity index is 786. The summed E-state index contributed by atoms with van der Waals surface area (Å²) in [7, 11) is 0. The number of amidine groups is 1. The number of aliphatic imine (C=N–C) groups is 1. The van der Waals surface area contributed by atoms with Crippen molar-refractivity contribution in [1.82, 2.24) is 10.2 Å². The van der Waals surface area contributed by atoms with Crippen LogP contribution in [-0.2, 0) is 0 Å². The van der Waals surface area contributed by atoms with Crippen LogP contribution in [0.3, 0.4) is 0 Å². The molecule has 20 heavy (non-hydrogen) atoms. The minimum atomic E-state index is 0.467. The van der Waals surface area contributed by atoms with Crippen LogP contribution >= 0.6 is 11.6 Å². The number of benzene rings is 2. The van der Waals surface area contributed by atoms with Gasteiger partial charge in [0, 0.05) is 10.9 Å². The summed E-state index contributed by atoms with van der Waals surface area (Å²) in [6, 6.07) is 13.8. The van der Waals surface area contributed by atoms with Gasteiger partial charge in [-0.2, -0.15) is 5.10 Å². The van der Waals surface area contributed by atoms with E-state index in [1.807, 2.05) is 42.5 Å². The van der Waals surface area contributed by atoms with Crippen LogP contribution in [0.25, 0.3) is 22.0 Å². The van der Waals surface area contributed by atoms with E-state index in [-0.39, 0.29) is 0 Å². The number of rotatable bonds is 2. The standard InChI is InChI=1S/C15H13ClN4/c1-9(17)18-15-12-7-11(10-5-3-2-4-6-10)13(16)8-14(12)19-20-15/h2-8H,1H3,(H3,17,18,19,20). The smallest absolute Gasteiger partial charge is 0.183 e. The van der Waals surface area contributed by atoms with Gasteiger partial charge in [-0.05, 0) is 24.6 Å². The summed E-state index contributed by atoms with van der Waals surface area (Å²) in [5, 5.41) is 8.65. The van der Waals surface area contributed by atoms with Crippen molar-refractivity contribution in [2.24, 2.45) is 10.7 Å². The Morgan fingerprint density at radius 2 is 2.00 bits per heavy atom. The maximum absolute atomic E-state index is 6.34. The van der Waals surface area contributed by atoms with Gasteiger partial charge in [-0.15, -0.1) is 0 Å². The SMILES string of the molecule is CC(N)=Nc1n[nH]c2cc(Cl)c(-c3ccccc3)cc12. The van der Waals surface area contributed by atoms with Crippen LogP contribution in [-0.4, -0.2) is 16.0 Å². The number of hydrogen-bond donors (Lipinski definition) is 2. The van der Waals surface area contributed by atoms with Gasteiger partial charge in [-0.1, -0.05) is 41.9 Å². The van der Waals surface area contributed by atoms with Crippen molar-refractivity contribution in [3.05, 3.63) is 47.5 Å². The molecule has 0 spiro atoms. The molecule has 100 valence electrons. The van der Waals surface area contributed by atoms with Crippen LogP contribution in [0, 0.1) is 0 Å². The molecule has 3 rings (SSSR count). The molecule has 0 aliphatic carbocycles. The van der Waals surface area contributed by atoms with Crippen molar-refractivity contribution in [1.29, 1.82) is 0 Å². The highest BCUT2D eigenvalue weighted by Gasteiger charge is 2.10. The molecule has 0 aliphatic heterocycles. The van der Waals surface area contributed by atoms with Gasteiger partial charge in [0.15, 0.2) is 5.82 Å². The minimum Gasteiger partial charge on any atom is -0.387 e. The Balaban J connectivity index is 2.24. The van der Waals surface area contributed by atoms with E-state index in [9.17, 15) is 0 Å². The molecule has 0 unspecified atom stereocenters. The van der Waals surface area contributed by atoms with Crippen molar-refractivity contribution in [3.63, 3.8) is 0 Å². The molecule has 0 aliphatic rings. The molecule has 0 saturated carbocycles. The second-order valence-electron chi connectivity index (χ2n) is 4.54. The van der Waals surface area contributed by atoms with E-state index < -0.39 is 0 Å². The molecule has 0 bridgehead atoms. The number of aromatic amines is 1. The molecule has 2 aromatic carbocycles. The number of nitrogens with one attached hydrogen (secondary N) is 1. The molecule has 0 radical (unpaired) electrons. The van der Waals surface area contributed by atoms with Gasteiger partial charge in [0.2, 0.25) is 0 Å². The molecule has 0 fully saturated rings. The zero-order valence-electron chi connectivity index (χ0n) is 10.9. The van der Waals surface area contributed by atoms with E-state index in [0.29, 0.717) is 16.7 Å². The summed E-state index contributed by atoms with van der Waals surface area (Å²) in [6.07, 6.45) is 0. The number of hydrogen-bond acceptors (Lipinski definition) is 2. The third kappa shape index (κ3) is 2.26. The third-order valence-electron chi connectivity index (χ3n) is 3.00. The van der Waals surface area contributed by atoms with Crippen LogP contribution < -0.4 is 5.73 Å². The van der Waals surface area contributed by atoms with Crippen molar-refractivity contribution in [2.45, 2.75) is 6.92 Å². The fraction of sp³-hybridized carbons (Fsp3) is 0.0667. The lowest BCUT2D eigenvalue weighted by Gasteiger charge is -2.05. The first-order valence-corrected chi connectivity index (χ1v) is 6.57. The monoisotopic (exact) mass is 284 g/mol. The van der Waals surface area contributed by atoms with Crippen molar-refractivity contribution in [3.8, 4) is 11.1 Å². The van der Waals surface area contributed by atoms with Crippen LogP contribution in [0.2, 0.25) is 5.02 Å². The quantitative estimate of drug-likeness (QED) is 0.554. The molecule has 0 saturated heterocycles. The van der Waals surface area contributed by atoms with Crippen molar-refractivity contribution < 1.29 is 0 Å². The number of fused-ring (bicyclic) bond motifs is 1. The number of halogens is 1. The van der Waals surface area contributed by atoms with E-state index in [1.54, 1.807) is 6.92 Å². The number of nitrogens with two attached hydrogens (primary N) is 1. The molecule has 0 atom stereocenters. The van der Waals surface area contributed by atoms with E-state index in [1.165, 1.54) is 0 Å². The Morgan fingerprint density at radius 1 is 1.25 bits per heavy atom. The summed E-state index contributed by atoms with van der Waals surface area (Å²) in [5.41, 5.74) is 8.47. The van der Waals surface area contributed by atoms with Gasteiger partial charge in [0.25, 0.3) is 0 Å². The van der Waals surface area contributed by atoms with E-state index in [0.717, 1.165) is 22.0 Å². The second kappa shape index (κ2) is 4.98. The first kappa shape index (κ1) is 12.7. The molecule has 1 heterocycles. The van der Waals surface area contributed by atoms with Crippen molar-refractivity contribution in [2.75, 3.05) is 0 Å². The van der Waals surface area contributed by atoms with Gasteiger partial charge in [0.05, 0.1) is 16.4 Å². The highest BCUT2D eigenvalue weighted by molar-refractivity contribution is 6.34. The van der Waals surface area contributed by atoms with Crippen LogP contribution in [0.15, 0.2) is 47.5 Å². The predicted molar refractivity (Wildman–Crippen MR) is 83.5 cm³/mol. The molecule has 3 N–H and O–H groups in total. The van der Waals surface area contributed by atoms with E-state index >= 15 is 0 Å². The number of nitrogens with zero attached hydrogens (tertiary/aromatic N) is 2.